The first kappa shape index (κ1) is 29.3. The number of nitrogens with zero attached hydrogens (tertiary/aromatic N) is 2. The fourth-order valence-corrected chi connectivity index (χ4v) is 7.18. The predicted octanol–water partition coefficient (Wildman–Crippen LogP) is 5.24. The van der Waals surface area contributed by atoms with Gasteiger partial charge in [-0.05, 0) is 80.1 Å². The zero-order chi connectivity index (χ0) is 30.2. The van der Waals surface area contributed by atoms with Crippen molar-refractivity contribution in [1.29, 1.82) is 0 Å². The van der Waals surface area contributed by atoms with Crippen molar-refractivity contribution >= 4 is 45.8 Å². The summed E-state index contributed by atoms with van der Waals surface area (Å²) < 4.78 is 13.3. The van der Waals surface area contributed by atoms with Crippen molar-refractivity contribution in [1.82, 2.24) is 14.6 Å². The van der Waals surface area contributed by atoms with Crippen molar-refractivity contribution in [3.8, 4) is 5.75 Å². The zero-order valence-electron chi connectivity index (χ0n) is 23.9. The van der Waals surface area contributed by atoms with E-state index in [1.165, 1.54) is 20.4 Å². The number of hydrogen-bond donors (Lipinski definition) is 2. The number of benzene rings is 3. The number of nitrogens with one attached hydrogen (secondary N) is 2. The molecule has 2 heterocycles. The molecule has 3 aromatic carbocycles. The van der Waals surface area contributed by atoms with Crippen molar-refractivity contribution < 1.29 is 14.3 Å². The molecule has 224 valence electrons. The standard InChI is InChI=1S/C32H32Cl2N4O5/c1-3-43-31(40)28-21(33)8-5-10-24(28)36-38-25-11-6-9-22(34)29(25)30(39)37(32(38)41)16-15-23-27-18(17-35-23)13-14-19-20(27)7-4-12-26(19)42-2/h4-12,18,23,27,35-36H,3,13-17H2,1-2H3. The van der Waals surface area contributed by atoms with Gasteiger partial charge in [-0.15, -0.1) is 0 Å². The van der Waals surface area contributed by atoms with Crippen LogP contribution >= 0.6 is 23.2 Å². The molecular weight excluding hydrogens is 591 g/mol. The molecule has 0 bridgehead atoms. The maximum Gasteiger partial charge on any atom is 0.350 e. The molecule has 3 atom stereocenters. The van der Waals surface area contributed by atoms with E-state index in [0.717, 1.165) is 25.1 Å². The number of halogens is 2. The molecule has 4 aromatic rings. The smallest absolute Gasteiger partial charge is 0.350 e. The van der Waals surface area contributed by atoms with Crippen LogP contribution in [0.15, 0.2) is 64.2 Å². The Hall–Kier alpha value is -3.79. The van der Waals surface area contributed by atoms with E-state index < -0.39 is 17.2 Å². The Morgan fingerprint density at radius 2 is 1.84 bits per heavy atom. The highest BCUT2D eigenvalue weighted by Crippen LogP contribution is 2.45. The van der Waals surface area contributed by atoms with E-state index in [0.29, 0.717) is 12.3 Å². The maximum absolute atomic E-state index is 14.0. The molecule has 2 aliphatic rings. The number of fused-ring (bicyclic) bond motifs is 4. The van der Waals surface area contributed by atoms with Gasteiger partial charge in [-0.2, -0.15) is 0 Å². The number of anilines is 1. The third-order valence-electron chi connectivity index (χ3n) is 8.60. The fraction of sp³-hybridized carbons (Fsp3) is 0.344. The number of aromatic nitrogens is 2. The van der Waals surface area contributed by atoms with Gasteiger partial charge in [0.05, 0.1) is 40.4 Å². The number of hydrogen-bond acceptors (Lipinski definition) is 7. The second-order valence-corrected chi connectivity index (χ2v) is 11.7. The van der Waals surface area contributed by atoms with E-state index in [-0.39, 0.29) is 57.3 Å². The summed E-state index contributed by atoms with van der Waals surface area (Å²) >= 11 is 12.9. The molecule has 0 spiro atoms. The predicted molar refractivity (Wildman–Crippen MR) is 168 cm³/mol. The fourth-order valence-electron chi connectivity index (χ4n) is 6.68. The molecule has 1 aromatic heterocycles. The lowest BCUT2D eigenvalue weighted by molar-refractivity contribution is 0.0527. The second-order valence-electron chi connectivity index (χ2n) is 10.9. The summed E-state index contributed by atoms with van der Waals surface area (Å²) in [5, 5.41) is 4.23. The molecule has 11 heteroatoms. The number of carbonyl (C=O) groups is 1. The second kappa shape index (κ2) is 12.1. The molecule has 43 heavy (non-hydrogen) atoms. The lowest BCUT2D eigenvalue weighted by atomic mass is 9.73. The quantitative estimate of drug-likeness (QED) is 0.259. The molecule has 1 aliphatic carbocycles. The van der Waals surface area contributed by atoms with Crippen LogP contribution in [-0.2, 0) is 17.7 Å². The monoisotopic (exact) mass is 622 g/mol. The Morgan fingerprint density at radius 3 is 2.63 bits per heavy atom. The normalized spacial score (nSPS) is 19.1. The molecule has 3 unspecified atom stereocenters. The third kappa shape index (κ3) is 5.19. The highest BCUT2D eigenvalue weighted by molar-refractivity contribution is 6.35. The summed E-state index contributed by atoms with van der Waals surface area (Å²) in [5.41, 5.74) is 5.09. The summed E-state index contributed by atoms with van der Waals surface area (Å²) in [7, 11) is 1.70. The van der Waals surface area contributed by atoms with Crippen LogP contribution in [0.3, 0.4) is 0 Å². The van der Waals surface area contributed by atoms with Gasteiger partial charge in [0.25, 0.3) is 5.56 Å². The summed E-state index contributed by atoms with van der Waals surface area (Å²) in [6.45, 7) is 2.89. The molecule has 1 saturated heterocycles. The third-order valence-corrected chi connectivity index (χ3v) is 9.23. The first-order valence-corrected chi connectivity index (χ1v) is 15.2. The highest BCUT2D eigenvalue weighted by Gasteiger charge is 2.40. The molecule has 1 aliphatic heterocycles. The molecule has 6 rings (SSSR count). The molecule has 0 saturated carbocycles. The van der Waals surface area contributed by atoms with Crippen molar-refractivity contribution in [3.05, 3.63) is 102 Å². The number of ether oxygens (including phenoxy) is 2. The SMILES string of the molecule is CCOC(=O)c1c(Cl)cccc1Nn1c(=O)n(CCC2NCC3CCc4c(OC)cccc4C32)c(=O)c2c(Cl)cccc21. The Bertz CT molecular complexity index is 1840. The van der Waals surface area contributed by atoms with Gasteiger partial charge in [0.15, 0.2) is 0 Å². The van der Waals surface area contributed by atoms with Crippen molar-refractivity contribution in [2.24, 2.45) is 5.92 Å². The molecule has 0 amide bonds. The van der Waals surface area contributed by atoms with E-state index in [9.17, 15) is 14.4 Å². The van der Waals surface area contributed by atoms with E-state index in [4.69, 9.17) is 32.7 Å². The lowest BCUT2D eigenvalue weighted by Crippen LogP contribution is -2.44. The van der Waals surface area contributed by atoms with Gasteiger partial charge < -0.3 is 14.8 Å². The van der Waals surface area contributed by atoms with Crippen LogP contribution in [0.4, 0.5) is 5.69 Å². The van der Waals surface area contributed by atoms with Crippen LogP contribution in [0, 0.1) is 5.92 Å². The largest absolute Gasteiger partial charge is 0.496 e. The Kier molecular flexibility index (Phi) is 8.22. The van der Waals surface area contributed by atoms with E-state index in [1.807, 2.05) is 12.1 Å². The Labute approximate surface area is 258 Å². The molecular formula is C32H32Cl2N4O5. The minimum atomic E-state index is -0.634. The summed E-state index contributed by atoms with van der Waals surface area (Å²) in [4.78, 5) is 40.5. The Balaban J connectivity index is 1.39. The minimum Gasteiger partial charge on any atom is -0.496 e. The van der Waals surface area contributed by atoms with Crippen molar-refractivity contribution in [2.45, 2.75) is 44.7 Å². The van der Waals surface area contributed by atoms with Crippen molar-refractivity contribution in [2.75, 3.05) is 25.7 Å². The molecule has 1 fully saturated rings. The average molecular weight is 624 g/mol. The summed E-state index contributed by atoms with van der Waals surface area (Å²) in [5.74, 6) is 0.983. The lowest BCUT2D eigenvalue weighted by Gasteiger charge is -2.32. The van der Waals surface area contributed by atoms with Gasteiger partial charge in [0.2, 0.25) is 0 Å². The van der Waals surface area contributed by atoms with Crippen LogP contribution in [0.5, 0.6) is 5.75 Å². The summed E-state index contributed by atoms with van der Waals surface area (Å²) in [6, 6.07) is 16.0. The summed E-state index contributed by atoms with van der Waals surface area (Å²) in [6.07, 6.45) is 2.56. The van der Waals surface area contributed by atoms with E-state index in [1.54, 1.807) is 50.4 Å². The number of rotatable bonds is 8. The number of methoxy groups -OCH3 is 1. The Morgan fingerprint density at radius 1 is 1.07 bits per heavy atom. The highest BCUT2D eigenvalue weighted by atomic mass is 35.5. The van der Waals surface area contributed by atoms with Gasteiger partial charge in [0.1, 0.15) is 11.3 Å². The van der Waals surface area contributed by atoms with Gasteiger partial charge >= 0.3 is 11.7 Å². The number of carbonyl (C=O) groups excluding carboxylic acids is 1. The number of esters is 1. The first-order chi connectivity index (χ1) is 20.8. The zero-order valence-corrected chi connectivity index (χ0v) is 25.4. The topological polar surface area (TPSA) is 104 Å². The van der Waals surface area contributed by atoms with Crippen LogP contribution in [-0.4, -0.2) is 41.5 Å². The van der Waals surface area contributed by atoms with Gasteiger partial charge in [-0.25, -0.2) is 14.3 Å². The van der Waals surface area contributed by atoms with E-state index >= 15 is 0 Å². The van der Waals surface area contributed by atoms with Crippen LogP contribution in [0.25, 0.3) is 10.9 Å². The minimum absolute atomic E-state index is 0.0640. The first-order valence-electron chi connectivity index (χ1n) is 14.4. The van der Waals surface area contributed by atoms with Crippen LogP contribution in [0.1, 0.15) is 47.2 Å². The molecule has 9 nitrogen and oxygen atoms in total. The van der Waals surface area contributed by atoms with E-state index in [2.05, 4.69) is 16.8 Å². The van der Waals surface area contributed by atoms with Crippen LogP contribution in [0.2, 0.25) is 10.0 Å². The van der Waals surface area contributed by atoms with Gasteiger partial charge in [-0.1, -0.05) is 47.5 Å². The van der Waals surface area contributed by atoms with Gasteiger partial charge in [0, 0.05) is 18.5 Å². The molecule has 2 N–H and O–H groups in total. The maximum atomic E-state index is 14.0. The average Bonchev–Trinajstić information content (AvgIpc) is 3.42. The van der Waals surface area contributed by atoms with Crippen molar-refractivity contribution in [3.63, 3.8) is 0 Å². The molecule has 0 radical (unpaired) electrons. The van der Waals surface area contributed by atoms with Crippen LogP contribution < -0.4 is 26.7 Å². The van der Waals surface area contributed by atoms with Gasteiger partial charge in [-0.3, -0.25) is 14.8 Å².